The molecule has 0 saturated heterocycles. The largest absolute Gasteiger partial charge is 0.398 e. The van der Waals surface area contributed by atoms with Gasteiger partial charge in [0.15, 0.2) is 5.78 Å². The standard InChI is InChI=1S/C17H16N2O2/c1-10-2-3-13(9-15(10)18)16(20)12-5-4-11-6-7-19-17(21)14(11)8-12/h2-5,8-9H,6-7,18H2,1H3,(H,19,21). The number of benzene rings is 2. The lowest BCUT2D eigenvalue weighted by Gasteiger charge is -2.17. The highest BCUT2D eigenvalue weighted by atomic mass is 16.1. The number of amides is 1. The number of hydrogen-bond donors (Lipinski definition) is 2. The van der Waals surface area contributed by atoms with E-state index in [4.69, 9.17) is 5.73 Å². The lowest BCUT2D eigenvalue weighted by Crippen LogP contribution is -2.32. The van der Waals surface area contributed by atoms with Gasteiger partial charge in [-0.2, -0.15) is 0 Å². The molecule has 4 heteroatoms. The van der Waals surface area contributed by atoms with Crippen LogP contribution in [0.4, 0.5) is 5.69 Å². The van der Waals surface area contributed by atoms with Crippen molar-refractivity contribution in [2.24, 2.45) is 0 Å². The van der Waals surface area contributed by atoms with Gasteiger partial charge in [0, 0.05) is 28.9 Å². The molecule has 1 heterocycles. The molecule has 0 aliphatic carbocycles. The molecule has 3 N–H and O–H groups in total. The van der Waals surface area contributed by atoms with Crippen molar-refractivity contribution in [3.63, 3.8) is 0 Å². The van der Waals surface area contributed by atoms with E-state index >= 15 is 0 Å². The normalized spacial score (nSPS) is 13.5. The smallest absolute Gasteiger partial charge is 0.251 e. The molecule has 0 saturated carbocycles. The second-order valence-electron chi connectivity index (χ2n) is 5.28. The molecule has 0 radical (unpaired) electrons. The SMILES string of the molecule is Cc1ccc(C(=O)c2ccc3c(c2)C(=O)NCC3)cc1N. The van der Waals surface area contributed by atoms with E-state index in [0.717, 1.165) is 17.5 Å². The summed E-state index contributed by atoms with van der Waals surface area (Å²) in [5.41, 5.74) is 10.0. The first-order valence-electron chi connectivity index (χ1n) is 6.88. The van der Waals surface area contributed by atoms with Crippen LogP contribution >= 0.6 is 0 Å². The fraction of sp³-hybridized carbons (Fsp3) is 0.176. The van der Waals surface area contributed by atoms with Crippen LogP contribution < -0.4 is 11.1 Å². The molecular weight excluding hydrogens is 264 g/mol. The van der Waals surface area contributed by atoms with Crippen molar-refractivity contribution < 1.29 is 9.59 Å². The molecule has 0 unspecified atom stereocenters. The van der Waals surface area contributed by atoms with Crippen molar-refractivity contribution in [1.29, 1.82) is 0 Å². The molecule has 4 nitrogen and oxygen atoms in total. The maximum atomic E-state index is 12.5. The summed E-state index contributed by atoms with van der Waals surface area (Å²) in [4.78, 5) is 24.4. The molecule has 106 valence electrons. The Hall–Kier alpha value is -2.62. The molecule has 21 heavy (non-hydrogen) atoms. The van der Waals surface area contributed by atoms with Crippen molar-refractivity contribution in [3.05, 3.63) is 64.2 Å². The van der Waals surface area contributed by atoms with E-state index in [1.54, 1.807) is 24.3 Å². The molecule has 0 aromatic heterocycles. The Kier molecular flexibility index (Phi) is 3.22. The monoisotopic (exact) mass is 280 g/mol. The lowest BCUT2D eigenvalue weighted by atomic mass is 9.94. The number of hydrogen-bond acceptors (Lipinski definition) is 3. The van der Waals surface area contributed by atoms with Gasteiger partial charge in [-0.15, -0.1) is 0 Å². The van der Waals surface area contributed by atoms with E-state index < -0.39 is 0 Å². The van der Waals surface area contributed by atoms with Gasteiger partial charge in [0.2, 0.25) is 0 Å². The predicted octanol–water partition coefficient (Wildman–Crippen LogP) is 2.09. The number of nitrogen functional groups attached to an aromatic ring is 1. The minimum atomic E-state index is -0.122. The van der Waals surface area contributed by atoms with Crippen LogP contribution in [0, 0.1) is 6.92 Å². The molecule has 0 bridgehead atoms. The molecule has 2 aromatic carbocycles. The predicted molar refractivity (Wildman–Crippen MR) is 81.5 cm³/mol. The van der Waals surface area contributed by atoms with Gasteiger partial charge < -0.3 is 11.1 Å². The second-order valence-corrected chi connectivity index (χ2v) is 5.28. The van der Waals surface area contributed by atoms with Crippen LogP contribution in [-0.2, 0) is 6.42 Å². The summed E-state index contributed by atoms with van der Waals surface area (Å²) in [6.07, 6.45) is 0.799. The fourth-order valence-electron chi connectivity index (χ4n) is 2.50. The van der Waals surface area contributed by atoms with E-state index in [0.29, 0.717) is 28.9 Å². The fourth-order valence-corrected chi connectivity index (χ4v) is 2.50. The summed E-state index contributed by atoms with van der Waals surface area (Å²) in [5.74, 6) is -0.239. The number of anilines is 1. The highest BCUT2D eigenvalue weighted by Crippen LogP contribution is 2.20. The van der Waals surface area contributed by atoms with Crippen LogP contribution in [0.3, 0.4) is 0 Å². The molecule has 1 aliphatic rings. The highest BCUT2D eigenvalue weighted by molar-refractivity contribution is 6.11. The molecular formula is C17H16N2O2. The third-order valence-corrected chi connectivity index (χ3v) is 3.84. The summed E-state index contributed by atoms with van der Waals surface area (Å²) in [5, 5.41) is 2.79. The van der Waals surface area contributed by atoms with E-state index in [9.17, 15) is 9.59 Å². The Labute approximate surface area is 123 Å². The number of ketones is 1. The minimum absolute atomic E-state index is 0.116. The van der Waals surface area contributed by atoms with Gasteiger partial charge in [-0.05, 0) is 36.6 Å². The quantitative estimate of drug-likeness (QED) is 0.653. The first-order valence-corrected chi connectivity index (χ1v) is 6.88. The zero-order valence-electron chi connectivity index (χ0n) is 11.8. The van der Waals surface area contributed by atoms with Gasteiger partial charge in [0.05, 0.1) is 0 Å². The molecule has 2 aromatic rings. The molecule has 0 spiro atoms. The first-order chi connectivity index (χ1) is 10.1. The van der Waals surface area contributed by atoms with Crippen LogP contribution in [0.15, 0.2) is 36.4 Å². The van der Waals surface area contributed by atoms with Gasteiger partial charge in [0.25, 0.3) is 5.91 Å². The lowest BCUT2D eigenvalue weighted by molar-refractivity contribution is 0.0946. The van der Waals surface area contributed by atoms with Crippen LogP contribution in [0.5, 0.6) is 0 Å². The zero-order chi connectivity index (χ0) is 15.0. The van der Waals surface area contributed by atoms with Gasteiger partial charge in [0.1, 0.15) is 0 Å². The van der Waals surface area contributed by atoms with Gasteiger partial charge in [-0.25, -0.2) is 0 Å². The Morgan fingerprint density at radius 3 is 2.62 bits per heavy atom. The number of carbonyl (C=O) groups is 2. The topological polar surface area (TPSA) is 72.2 Å². The van der Waals surface area contributed by atoms with Crippen LogP contribution in [0.25, 0.3) is 0 Å². The summed E-state index contributed by atoms with van der Waals surface area (Å²) >= 11 is 0. The Balaban J connectivity index is 2.00. The van der Waals surface area contributed by atoms with Crippen molar-refractivity contribution in [3.8, 4) is 0 Å². The molecule has 1 aliphatic heterocycles. The van der Waals surface area contributed by atoms with Crippen molar-refractivity contribution >= 4 is 17.4 Å². The zero-order valence-corrected chi connectivity index (χ0v) is 11.8. The molecule has 3 rings (SSSR count). The Bertz CT molecular complexity index is 750. The summed E-state index contributed by atoms with van der Waals surface area (Å²) < 4.78 is 0. The highest BCUT2D eigenvalue weighted by Gasteiger charge is 2.19. The van der Waals surface area contributed by atoms with Crippen molar-refractivity contribution in [2.45, 2.75) is 13.3 Å². The average Bonchev–Trinajstić information content (AvgIpc) is 2.49. The first kappa shape index (κ1) is 13.4. The number of carbonyl (C=O) groups excluding carboxylic acids is 2. The third-order valence-electron chi connectivity index (χ3n) is 3.84. The van der Waals surface area contributed by atoms with Crippen molar-refractivity contribution in [2.75, 3.05) is 12.3 Å². The summed E-state index contributed by atoms with van der Waals surface area (Å²) in [7, 11) is 0. The van der Waals surface area contributed by atoms with Gasteiger partial charge >= 0.3 is 0 Å². The van der Waals surface area contributed by atoms with Crippen LogP contribution in [0.2, 0.25) is 0 Å². The second kappa shape index (κ2) is 5.05. The van der Waals surface area contributed by atoms with Crippen LogP contribution in [0.1, 0.15) is 37.4 Å². The molecule has 1 amide bonds. The van der Waals surface area contributed by atoms with E-state index in [1.165, 1.54) is 0 Å². The van der Waals surface area contributed by atoms with Crippen LogP contribution in [-0.4, -0.2) is 18.2 Å². The summed E-state index contributed by atoms with van der Waals surface area (Å²) in [6, 6.07) is 10.6. The van der Waals surface area contributed by atoms with Crippen molar-refractivity contribution in [1.82, 2.24) is 5.32 Å². The van der Waals surface area contributed by atoms with E-state index in [-0.39, 0.29) is 11.7 Å². The number of fused-ring (bicyclic) bond motifs is 1. The minimum Gasteiger partial charge on any atom is -0.398 e. The van der Waals surface area contributed by atoms with Gasteiger partial charge in [-0.1, -0.05) is 24.3 Å². The Morgan fingerprint density at radius 1 is 1.14 bits per heavy atom. The summed E-state index contributed by atoms with van der Waals surface area (Å²) in [6.45, 7) is 2.54. The van der Waals surface area contributed by atoms with E-state index in [1.807, 2.05) is 19.1 Å². The third kappa shape index (κ3) is 2.40. The number of rotatable bonds is 2. The Morgan fingerprint density at radius 2 is 1.86 bits per heavy atom. The van der Waals surface area contributed by atoms with E-state index in [2.05, 4.69) is 5.32 Å². The van der Waals surface area contributed by atoms with Gasteiger partial charge in [-0.3, -0.25) is 9.59 Å². The number of nitrogens with two attached hydrogens (primary N) is 1. The molecule has 0 atom stereocenters. The number of aryl methyl sites for hydroxylation is 1. The maximum Gasteiger partial charge on any atom is 0.251 e. The average molecular weight is 280 g/mol. The number of nitrogens with one attached hydrogen (secondary N) is 1. The molecule has 0 fully saturated rings. The maximum absolute atomic E-state index is 12.5.